The zero-order chi connectivity index (χ0) is 21.3. The zero-order valence-corrected chi connectivity index (χ0v) is 18.7. The van der Waals surface area contributed by atoms with Crippen LogP contribution in [0, 0.1) is 0 Å². The molecule has 2 aliphatic rings. The first-order chi connectivity index (χ1) is 14.3. The monoisotopic (exact) mass is 446 g/mol. The minimum Gasteiger partial charge on any atom is -0.387 e. The van der Waals surface area contributed by atoms with Gasteiger partial charge in [0.25, 0.3) is 0 Å². The highest BCUT2D eigenvalue weighted by Crippen LogP contribution is 2.32. The molecule has 2 heterocycles. The van der Waals surface area contributed by atoms with Gasteiger partial charge >= 0.3 is 0 Å². The number of hydrogen-bond donors (Lipinski definition) is 1. The van der Waals surface area contributed by atoms with Gasteiger partial charge in [-0.1, -0.05) is 41.9 Å². The van der Waals surface area contributed by atoms with E-state index in [9.17, 15) is 13.5 Å². The first-order valence-electron chi connectivity index (χ1n) is 10.3. The van der Waals surface area contributed by atoms with Crippen LogP contribution in [0.1, 0.15) is 35.6 Å². The van der Waals surface area contributed by atoms with Crippen molar-refractivity contribution in [3.05, 3.63) is 70.3 Å². The third kappa shape index (κ3) is 4.72. The van der Waals surface area contributed by atoms with Gasteiger partial charge in [-0.2, -0.15) is 0 Å². The quantitative estimate of drug-likeness (QED) is 0.757. The van der Waals surface area contributed by atoms with Crippen molar-refractivity contribution in [1.29, 1.82) is 0 Å². The van der Waals surface area contributed by atoms with Gasteiger partial charge in [-0.25, -0.2) is 8.42 Å². The fourth-order valence-corrected chi connectivity index (χ4v) is 5.41. The summed E-state index contributed by atoms with van der Waals surface area (Å²) in [6.07, 6.45) is 5.42. The number of benzene rings is 2. The molecule has 0 aromatic heterocycles. The number of aliphatic hydroxyl groups is 1. The maximum absolute atomic E-state index is 12.0. The van der Waals surface area contributed by atoms with Gasteiger partial charge in [0.15, 0.2) is 0 Å². The van der Waals surface area contributed by atoms with E-state index in [1.54, 1.807) is 0 Å². The minimum atomic E-state index is -3.28. The normalized spacial score (nSPS) is 18.6. The topological polar surface area (TPSA) is 60.9 Å². The summed E-state index contributed by atoms with van der Waals surface area (Å²) in [4.78, 5) is 2.24. The van der Waals surface area contributed by atoms with Gasteiger partial charge in [-0.05, 0) is 59.7 Å². The van der Waals surface area contributed by atoms with E-state index in [1.165, 1.54) is 21.7 Å². The van der Waals surface area contributed by atoms with Crippen LogP contribution >= 0.6 is 11.6 Å². The lowest BCUT2D eigenvalue weighted by Gasteiger charge is -2.31. The Hall–Kier alpha value is -1.86. The lowest BCUT2D eigenvalue weighted by atomic mass is 9.97. The number of sulfonamides is 1. The SMILES string of the molecule is CS(=O)(=O)N1CCCc2cc(C(O)CN3CC=C(c4ccc(Cl)cc4)CC3)ccc21. The van der Waals surface area contributed by atoms with Gasteiger partial charge in [0.2, 0.25) is 10.0 Å². The number of β-amino-alcohol motifs (C(OH)–C–C–N with tert-alkyl or cyclic N) is 1. The van der Waals surface area contributed by atoms with E-state index in [-0.39, 0.29) is 0 Å². The summed E-state index contributed by atoms with van der Waals surface area (Å²) in [5, 5.41) is 11.5. The second-order valence-corrected chi connectivity index (χ2v) is 10.4. The molecule has 5 nitrogen and oxygen atoms in total. The lowest BCUT2D eigenvalue weighted by Crippen LogP contribution is -2.35. The van der Waals surface area contributed by atoms with Crippen molar-refractivity contribution in [2.24, 2.45) is 0 Å². The van der Waals surface area contributed by atoms with Crippen LogP contribution in [0.2, 0.25) is 5.02 Å². The number of rotatable bonds is 5. The predicted octanol–water partition coefficient (Wildman–Crippen LogP) is 3.87. The van der Waals surface area contributed by atoms with Crippen molar-refractivity contribution >= 4 is 32.9 Å². The summed E-state index contributed by atoms with van der Waals surface area (Å²) in [6.45, 7) is 2.75. The standard InChI is InChI=1S/C23H27ClN2O3S/c1-30(28,29)26-12-2-3-19-15-20(6-9-22(19)26)23(27)16-25-13-10-18(11-14-25)17-4-7-21(24)8-5-17/h4-10,15,23,27H,2-3,11-14,16H2,1H3. The second kappa shape index (κ2) is 8.71. The van der Waals surface area contributed by atoms with Gasteiger partial charge in [-0.15, -0.1) is 0 Å². The van der Waals surface area contributed by atoms with E-state index in [0.29, 0.717) is 13.1 Å². The van der Waals surface area contributed by atoms with Crippen LogP contribution in [-0.4, -0.2) is 50.9 Å². The van der Waals surface area contributed by atoms with Gasteiger partial charge in [0.05, 0.1) is 18.0 Å². The Morgan fingerprint density at radius 3 is 2.53 bits per heavy atom. The Balaban J connectivity index is 1.42. The number of hydrogen-bond acceptors (Lipinski definition) is 4. The summed E-state index contributed by atoms with van der Waals surface area (Å²) in [6, 6.07) is 13.6. The van der Waals surface area contributed by atoms with Crippen LogP contribution < -0.4 is 4.31 Å². The van der Waals surface area contributed by atoms with E-state index >= 15 is 0 Å². The Kier molecular flexibility index (Phi) is 6.21. The van der Waals surface area contributed by atoms with Crippen molar-refractivity contribution in [3.63, 3.8) is 0 Å². The molecule has 7 heteroatoms. The maximum Gasteiger partial charge on any atom is 0.232 e. The third-order valence-electron chi connectivity index (χ3n) is 5.90. The number of anilines is 1. The van der Waals surface area contributed by atoms with Crippen molar-refractivity contribution in [2.45, 2.75) is 25.4 Å². The fraction of sp³-hybridized carbons (Fsp3) is 0.391. The van der Waals surface area contributed by atoms with Gasteiger partial charge in [-0.3, -0.25) is 9.21 Å². The number of fused-ring (bicyclic) bond motifs is 1. The first-order valence-corrected chi connectivity index (χ1v) is 12.5. The molecule has 0 fully saturated rings. The molecule has 0 bridgehead atoms. The highest BCUT2D eigenvalue weighted by atomic mass is 35.5. The fourth-order valence-electron chi connectivity index (χ4n) is 4.29. The van der Waals surface area contributed by atoms with Crippen LogP contribution in [0.25, 0.3) is 5.57 Å². The van der Waals surface area contributed by atoms with Crippen molar-refractivity contribution in [2.75, 3.05) is 36.7 Å². The molecule has 2 aliphatic heterocycles. The molecule has 1 atom stereocenters. The van der Waals surface area contributed by atoms with E-state index in [1.807, 2.05) is 42.5 Å². The van der Waals surface area contributed by atoms with E-state index < -0.39 is 16.1 Å². The van der Waals surface area contributed by atoms with Crippen molar-refractivity contribution in [3.8, 4) is 0 Å². The average Bonchev–Trinajstić information content (AvgIpc) is 2.73. The molecule has 2 aromatic carbocycles. The summed E-state index contributed by atoms with van der Waals surface area (Å²) in [5.41, 5.74) is 5.09. The highest BCUT2D eigenvalue weighted by Gasteiger charge is 2.25. The molecular formula is C23H27ClN2O3S. The van der Waals surface area contributed by atoms with E-state index in [2.05, 4.69) is 11.0 Å². The highest BCUT2D eigenvalue weighted by molar-refractivity contribution is 7.92. The number of aryl methyl sites for hydroxylation is 1. The zero-order valence-electron chi connectivity index (χ0n) is 17.1. The molecular weight excluding hydrogens is 420 g/mol. The Morgan fingerprint density at radius 2 is 1.87 bits per heavy atom. The number of halogens is 1. The molecule has 1 unspecified atom stereocenters. The molecule has 30 heavy (non-hydrogen) atoms. The van der Waals surface area contributed by atoms with E-state index in [0.717, 1.165) is 54.2 Å². The van der Waals surface area contributed by atoms with Crippen molar-refractivity contribution < 1.29 is 13.5 Å². The summed E-state index contributed by atoms with van der Waals surface area (Å²) >= 11 is 5.98. The largest absolute Gasteiger partial charge is 0.387 e. The van der Waals surface area contributed by atoms with Gasteiger partial charge < -0.3 is 5.11 Å². The Labute approximate surface area is 183 Å². The molecule has 0 saturated heterocycles. The van der Waals surface area contributed by atoms with Crippen LogP contribution in [0.15, 0.2) is 48.5 Å². The molecule has 1 N–H and O–H groups in total. The van der Waals surface area contributed by atoms with Crippen LogP contribution in [0.5, 0.6) is 0 Å². The molecule has 0 radical (unpaired) electrons. The maximum atomic E-state index is 12.0. The molecule has 0 amide bonds. The van der Waals surface area contributed by atoms with Crippen molar-refractivity contribution in [1.82, 2.24) is 4.90 Å². The van der Waals surface area contributed by atoms with Crippen LogP contribution in [0.4, 0.5) is 5.69 Å². The van der Waals surface area contributed by atoms with Gasteiger partial charge in [0, 0.05) is 31.2 Å². The molecule has 160 valence electrons. The summed E-state index contributed by atoms with van der Waals surface area (Å²) < 4.78 is 25.5. The molecule has 4 rings (SSSR count). The molecule has 0 saturated carbocycles. The summed E-state index contributed by atoms with van der Waals surface area (Å²) in [7, 11) is -3.28. The average molecular weight is 447 g/mol. The molecule has 0 spiro atoms. The van der Waals surface area contributed by atoms with Crippen LogP contribution in [0.3, 0.4) is 0 Å². The Morgan fingerprint density at radius 1 is 1.10 bits per heavy atom. The number of aliphatic hydroxyl groups excluding tert-OH is 1. The third-order valence-corrected chi connectivity index (χ3v) is 7.34. The van der Waals surface area contributed by atoms with E-state index in [4.69, 9.17) is 11.6 Å². The smallest absolute Gasteiger partial charge is 0.232 e. The Bertz CT molecular complexity index is 1050. The molecule has 2 aromatic rings. The molecule has 0 aliphatic carbocycles. The predicted molar refractivity (Wildman–Crippen MR) is 122 cm³/mol. The van der Waals surface area contributed by atoms with Gasteiger partial charge in [0.1, 0.15) is 0 Å². The first kappa shape index (κ1) is 21.4. The summed E-state index contributed by atoms with van der Waals surface area (Å²) in [5.74, 6) is 0. The lowest BCUT2D eigenvalue weighted by molar-refractivity contribution is 0.119. The van der Waals surface area contributed by atoms with Crippen LogP contribution in [-0.2, 0) is 16.4 Å². The number of nitrogens with zero attached hydrogens (tertiary/aromatic N) is 2. The minimum absolute atomic E-state index is 0.518. The second-order valence-electron chi connectivity index (χ2n) is 8.09.